The fraction of sp³-hybridized carbons (Fsp3) is 0.381. The van der Waals surface area contributed by atoms with Crippen molar-refractivity contribution in [3.05, 3.63) is 64.7 Å². The summed E-state index contributed by atoms with van der Waals surface area (Å²) < 4.78 is 40.2. The van der Waals surface area contributed by atoms with Crippen LogP contribution in [0.4, 0.5) is 18.9 Å². The lowest BCUT2D eigenvalue weighted by molar-refractivity contribution is -0.114. The Labute approximate surface area is 157 Å². The Bertz CT molecular complexity index is 836. The van der Waals surface area contributed by atoms with Gasteiger partial charge in [0.15, 0.2) is 23.1 Å². The molecule has 27 heavy (non-hydrogen) atoms. The summed E-state index contributed by atoms with van der Waals surface area (Å²) in [5.74, 6) is -3.32. The summed E-state index contributed by atoms with van der Waals surface area (Å²) in [4.78, 5) is 12.8. The van der Waals surface area contributed by atoms with E-state index >= 15 is 0 Å². The van der Waals surface area contributed by atoms with Crippen LogP contribution in [0, 0.1) is 28.3 Å². The second kappa shape index (κ2) is 7.25. The first-order valence-corrected chi connectivity index (χ1v) is 8.55. The van der Waals surface area contributed by atoms with Crippen molar-refractivity contribution in [2.75, 3.05) is 0 Å². The molecule has 3 nitrogen and oxygen atoms in total. The SMILES string of the molecule is CC(C)(C)C1=CC(=CN=Nc2c(F)cc(F)cc2F)C=C(C(C)(C)C)C1=O. The highest BCUT2D eigenvalue weighted by atomic mass is 19.1. The summed E-state index contributed by atoms with van der Waals surface area (Å²) >= 11 is 0. The number of carbonyl (C=O) groups excluding carboxylic acids is 1. The number of allylic oxidation sites excluding steroid dienone is 5. The fourth-order valence-corrected chi connectivity index (χ4v) is 2.62. The van der Waals surface area contributed by atoms with E-state index in [0.29, 0.717) is 28.9 Å². The monoisotopic (exact) mass is 376 g/mol. The number of halogens is 3. The molecule has 1 aliphatic rings. The normalized spacial score (nSPS) is 15.9. The van der Waals surface area contributed by atoms with Gasteiger partial charge >= 0.3 is 0 Å². The Morgan fingerprint density at radius 3 is 1.70 bits per heavy atom. The number of hydrogen-bond acceptors (Lipinski definition) is 3. The average Bonchev–Trinajstić information content (AvgIpc) is 2.48. The van der Waals surface area contributed by atoms with Crippen LogP contribution in [0.1, 0.15) is 41.5 Å². The first-order chi connectivity index (χ1) is 12.3. The fourth-order valence-electron chi connectivity index (χ4n) is 2.62. The number of benzene rings is 1. The quantitative estimate of drug-likeness (QED) is 0.536. The molecule has 0 fully saturated rings. The lowest BCUT2D eigenvalue weighted by Gasteiger charge is -2.31. The van der Waals surface area contributed by atoms with Gasteiger partial charge in [-0.3, -0.25) is 4.79 Å². The van der Waals surface area contributed by atoms with Gasteiger partial charge in [0.25, 0.3) is 0 Å². The molecular weight excluding hydrogens is 353 g/mol. The molecule has 0 aliphatic heterocycles. The summed E-state index contributed by atoms with van der Waals surface area (Å²) in [5, 5.41) is 7.26. The average molecular weight is 376 g/mol. The number of hydrogen-bond donors (Lipinski definition) is 0. The van der Waals surface area contributed by atoms with Gasteiger partial charge in [0, 0.05) is 23.3 Å². The van der Waals surface area contributed by atoms with E-state index in [9.17, 15) is 18.0 Å². The minimum atomic E-state index is -1.13. The predicted molar refractivity (Wildman–Crippen MR) is 99.0 cm³/mol. The van der Waals surface area contributed by atoms with Gasteiger partial charge in [-0.05, 0) is 28.6 Å². The molecule has 0 radical (unpaired) electrons. The molecule has 0 saturated carbocycles. The van der Waals surface area contributed by atoms with E-state index < -0.39 is 23.1 Å². The third-order valence-electron chi connectivity index (χ3n) is 4.07. The van der Waals surface area contributed by atoms with Gasteiger partial charge in [0.2, 0.25) is 0 Å². The standard InChI is InChI=1S/C21H23F3N2O/c1-20(2,3)14-7-12(8-15(19(14)27)21(4,5)6)11-25-26-18-16(23)9-13(22)10-17(18)24/h7-11H,1-6H3. The van der Waals surface area contributed by atoms with Crippen LogP contribution >= 0.6 is 0 Å². The third-order valence-corrected chi connectivity index (χ3v) is 4.07. The summed E-state index contributed by atoms with van der Waals surface area (Å²) in [6, 6.07) is 1.08. The van der Waals surface area contributed by atoms with E-state index in [1.807, 2.05) is 41.5 Å². The number of rotatable bonds is 2. The van der Waals surface area contributed by atoms with Crippen molar-refractivity contribution in [3.8, 4) is 0 Å². The maximum Gasteiger partial charge on any atom is 0.186 e. The van der Waals surface area contributed by atoms with Crippen LogP contribution in [0.15, 0.2) is 57.4 Å². The van der Waals surface area contributed by atoms with Gasteiger partial charge in [0.1, 0.15) is 5.82 Å². The summed E-state index contributed by atoms with van der Waals surface area (Å²) in [6.45, 7) is 11.6. The van der Waals surface area contributed by atoms with Crippen LogP contribution in [0.25, 0.3) is 0 Å². The van der Waals surface area contributed by atoms with Crippen LogP contribution in [0.2, 0.25) is 0 Å². The van der Waals surface area contributed by atoms with Crippen LogP contribution in [-0.2, 0) is 4.79 Å². The predicted octanol–water partition coefficient (Wildman–Crippen LogP) is 6.60. The number of azo groups is 1. The Morgan fingerprint density at radius 2 is 1.30 bits per heavy atom. The molecule has 144 valence electrons. The Morgan fingerprint density at radius 1 is 0.852 bits per heavy atom. The maximum absolute atomic E-state index is 13.6. The molecule has 1 aromatic carbocycles. The van der Waals surface area contributed by atoms with E-state index in [0.717, 1.165) is 0 Å². The number of Topliss-reactive ketones (excluding diaryl/α,β-unsaturated/α-hetero) is 1. The summed E-state index contributed by atoms with van der Waals surface area (Å²) in [7, 11) is 0. The lowest BCUT2D eigenvalue weighted by Crippen LogP contribution is -2.27. The van der Waals surface area contributed by atoms with Gasteiger partial charge in [0.05, 0.1) is 6.20 Å². The van der Waals surface area contributed by atoms with Crippen LogP contribution in [0.3, 0.4) is 0 Å². The Balaban J connectivity index is 2.47. The van der Waals surface area contributed by atoms with E-state index in [4.69, 9.17) is 0 Å². The highest BCUT2D eigenvalue weighted by Gasteiger charge is 2.33. The zero-order valence-electron chi connectivity index (χ0n) is 16.3. The smallest absolute Gasteiger partial charge is 0.186 e. The minimum absolute atomic E-state index is 0.0280. The van der Waals surface area contributed by atoms with Crippen molar-refractivity contribution >= 4 is 11.5 Å². The third kappa shape index (κ3) is 4.81. The lowest BCUT2D eigenvalue weighted by atomic mass is 9.72. The summed E-state index contributed by atoms with van der Waals surface area (Å²) in [6.07, 6.45) is 4.73. The molecular formula is C21H23F3N2O. The van der Waals surface area contributed by atoms with Crippen molar-refractivity contribution in [1.29, 1.82) is 0 Å². The van der Waals surface area contributed by atoms with E-state index in [-0.39, 0.29) is 16.6 Å². The second-order valence-electron chi connectivity index (χ2n) is 8.51. The second-order valence-corrected chi connectivity index (χ2v) is 8.51. The molecule has 2 rings (SSSR count). The van der Waals surface area contributed by atoms with Gasteiger partial charge in [-0.1, -0.05) is 41.5 Å². The van der Waals surface area contributed by atoms with Crippen LogP contribution in [0.5, 0.6) is 0 Å². The molecule has 0 N–H and O–H groups in total. The van der Waals surface area contributed by atoms with Gasteiger partial charge in [-0.25, -0.2) is 13.2 Å². The zero-order valence-corrected chi connectivity index (χ0v) is 16.3. The molecule has 0 saturated heterocycles. The van der Waals surface area contributed by atoms with Gasteiger partial charge in [-0.2, -0.15) is 5.11 Å². The number of ketones is 1. The van der Waals surface area contributed by atoms with Gasteiger partial charge in [-0.15, -0.1) is 5.11 Å². The Hall–Kier alpha value is -2.50. The zero-order chi connectivity index (χ0) is 20.6. The van der Waals surface area contributed by atoms with Gasteiger partial charge < -0.3 is 0 Å². The van der Waals surface area contributed by atoms with Crippen LogP contribution < -0.4 is 0 Å². The molecule has 6 heteroatoms. The first kappa shape index (κ1) is 20.8. The van der Waals surface area contributed by atoms with E-state index in [2.05, 4.69) is 10.2 Å². The molecule has 1 aliphatic carbocycles. The largest absolute Gasteiger partial charge is 0.289 e. The number of nitrogens with zero attached hydrogens (tertiary/aromatic N) is 2. The molecule has 0 atom stereocenters. The highest BCUT2D eigenvalue weighted by molar-refractivity contribution is 6.11. The molecule has 0 bridgehead atoms. The van der Waals surface area contributed by atoms with Crippen molar-refractivity contribution in [1.82, 2.24) is 0 Å². The first-order valence-electron chi connectivity index (χ1n) is 8.55. The molecule has 0 spiro atoms. The van der Waals surface area contributed by atoms with Crippen molar-refractivity contribution < 1.29 is 18.0 Å². The summed E-state index contributed by atoms with van der Waals surface area (Å²) in [5.41, 5.74) is 0.405. The number of carbonyl (C=O) groups is 1. The van der Waals surface area contributed by atoms with E-state index in [1.165, 1.54) is 6.20 Å². The highest BCUT2D eigenvalue weighted by Crippen LogP contribution is 2.38. The maximum atomic E-state index is 13.6. The van der Waals surface area contributed by atoms with Crippen LogP contribution in [-0.4, -0.2) is 5.78 Å². The molecule has 0 unspecified atom stereocenters. The van der Waals surface area contributed by atoms with Crippen molar-refractivity contribution in [2.45, 2.75) is 41.5 Å². The molecule has 0 aromatic heterocycles. The van der Waals surface area contributed by atoms with Crippen molar-refractivity contribution in [3.63, 3.8) is 0 Å². The minimum Gasteiger partial charge on any atom is -0.289 e. The van der Waals surface area contributed by atoms with Crippen molar-refractivity contribution in [2.24, 2.45) is 21.1 Å². The molecule has 1 aromatic rings. The Kier molecular flexibility index (Phi) is 5.59. The van der Waals surface area contributed by atoms with E-state index in [1.54, 1.807) is 12.2 Å². The topological polar surface area (TPSA) is 41.8 Å². The molecule has 0 amide bonds. The molecule has 0 heterocycles.